The van der Waals surface area contributed by atoms with Crippen LogP contribution in [0, 0.1) is 5.82 Å². The third-order valence-corrected chi connectivity index (χ3v) is 5.26. The molecule has 0 radical (unpaired) electrons. The van der Waals surface area contributed by atoms with Crippen molar-refractivity contribution in [1.29, 1.82) is 0 Å². The highest BCUT2D eigenvalue weighted by Gasteiger charge is 2.45. The van der Waals surface area contributed by atoms with Gasteiger partial charge in [0.05, 0.1) is 11.6 Å². The van der Waals surface area contributed by atoms with E-state index in [9.17, 15) is 29.6 Å². The molecule has 5 N–H and O–H groups in total. The first-order valence-electron chi connectivity index (χ1n) is 7.84. The van der Waals surface area contributed by atoms with Crippen molar-refractivity contribution >= 4 is 34.5 Å². The highest BCUT2D eigenvalue weighted by Crippen LogP contribution is 2.34. The Bertz CT molecular complexity index is 835. The van der Waals surface area contributed by atoms with E-state index in [1.165, 1.54) is 17.5 Å². The summed E-state index contributed by atoms with van der Waals surface area (Å²) in [5, 5.41) is 43.0. The number of carbonyl (C=O) groups is 1. The molecule has 8 nitrogen and oxygen atoms in total. The number of aliphatic hydroxyl groups excluding tert-OH is 4. The monoisotopic (exact) mass is 418 g/mol. The Balaban J connectivity index is 1.75. The van der Waals surface area contributed by atoms with Gasteiger partial charge in [-0.3, -0.25) is 4.79 Å². The second-order valence-electron chi connectivity index (χ2n) is 5.90. The van der Waals surface area contributed by atoms with Gasteiger partial charge in [0, 0.05) is 11.1 Å². The number of anilines is 1. The molecule has 146 valence electrons. The van der Waals surface area contributed by atoms with E-state index in [-0.39, 0.29) is 21.4 Å². The zero-order valence-electron chi connectivity index (χ0n) is 13.6. The molecule has 1 saturated heterocycles. The Labute approximate surface area is 161 Å². The molecular weight excluding hydrogens is 403 g/mol. The van der Waals surface area contributed by atoms with Crippen molar-refractivity contribution in [3.63, 3.8) is 0 Å². The molecule has 0 aliphatic carbocycles. The zero-order valence-corrected chi connectivity index (χ0v) is 15.2. The Hall–Kier alpha value is -1.66. The molecule has 0 spiro atoms. The Kier molecular flexibility index (Phi) is 6.06. The first-order chi connectivity index (χ1) is 12.8. The third-order valence-electron chi connectivity index (χ3n) is 4.07. The molecule has 0 unspecified atom stereocenters. The van der Waals surface area contributed by atoms with Crippen LogP contribution in [-0.4, -0.2) is 62.3 Å². The highest BCUT2D eigenvalue weighted by atomic mass is 35.5. The lowest BCUT2D eigenvalue weighted by molar-refractivity contribution is -0.231. The lowest BCUT2D eigenvalue weighted by atomic mass is 9.95. The number of aromatic nitrogens is 1. The molecule has 11 heteroatoms. The van der Waals surface area contributed by atoms with Crippen molar-refractivity contribution in [3.05, 3.63) is 45.1 Å². The molecule has 3 rings (SSSR count). The van der Waals surface area contributed by atoms with Gasteiger partial charge in [-0.15, -0.1) is 11.3 Å². The first kappa shape index (κ1) is 20.1. The van der Waals surface area contributed by atoms with Crippen LogP contribution in [-0.2, 0) is 4.74 Å². The Morgan fingerprint density at radius 1 is 1.30 bits per heavy atom. The van der Waals surface area contributed by atoms with Gasteiger partial charge in [0.25, 0.3) is 5.91 Å². The van der Waals surface area contributed by atoms with E-state index in [4.69, 9.17) is 16.3 Å². The fourth-order valence-corrected chi connectivity index (χ4v) is 3.65. The number of benzene rings is 1. The second kappa shape index (κ2) is 8.15. The molecule has 5 atom stereocenters. The van der Waals surface area contributed by atoms with Crippen LogP contribution in [0.1, 0.15) is 21.6 Å². The van der Waals surface area contributed by atoms with Gasteiger partial charge in [-0.2, -0.15) is 0 Å². The van der Waals surface area contributed by atoms with Crippen molar-refractivity contribution in [2.75, 3.05) is 11.9 Å². The van der Waals surface area contributed by atoms with Gasteiger partial charge in [-0.25, -0.2) is 9.37 Å². The van der Waals surface area contributed by atoms with E-state index >= 15 is 0 Å². The molecule has 1 aromatic carbocycles. The van der Waals surface area contributed by atoms with Crippen molar-refractivity contribution in [1.82, 2.24) is 4.98 Å². The number of rotatable bonds is 4. The summed E-state index contributed by atoms with van der Waals surface area (Å²) in [5.41, 5.74) is 0.279. The van der Waals surface area contributed by atoms with Crippen LogP contribution in [0.25, 0.3) is 0 Å². The molecule has 1 amide bonds. The van der Waals surface area contributed by atoms with Crippen LogP contribution in [0.5, 0.6) is 0 Å². The number of amides is 1. The van der Waals surface area contributed by atoms with Gasteiger partial charge in [0.1, 0.15) is 47.0 Å². The SMILES string of the molecule is O=C(Nc1ccc(F)c(Cl)c1)c1csc([C@@H]2O[C@H](CO)[C@H](O)[C@H](O)[C@H]2O)n1. The van der Waals surface area contributed by atoms with Crippen LogP contribution in [0.15, 0.2) is 23.6 Å². The molecule has 2 heterocycles. The third kappa shape index (κ3) is 4.11. The average molecular weight is 419 g/mol. The summed E-state index contributed by atoms with van der Waals surface area (Å²) in [5.74, 6) is -1.21. The number of nitrogens with zero attached hydrogens (tertiary/aromatic N) is 1. The fourth-order valence-electron chi connectivity index (χ4n) is 2.60. The normalized spacial score (nSPS) is 28.1. The van der Waals surface area contributed by atoms with E-state index in [0.717, 1.165) is 17.4 Å². The smallest absolute Gasteiger partial charge is 0.275 e. The van der Waals surface area contributed by atoms with Crippen LogP contribution >= 0.6 is 22.9 Å². The Morgan fingerprint density at radius 3 is 2.70 bits per heavy atom. The van der Waals surface area contributed by atoms with Gasteiger partial charge >= 0.3 is 0 Å². The summed E-state index contributed by atoms with van der Waals surface area (Å²) >= 11 is 6.67. The zero-order chi connectivity index (χ0) is 19.7. The number of ether oxygens (including phenoxy) is 1. The number of halogens is 2. The maximum absolute atomic E-state index is 13.2. The molecule has 0 saturated carbocycles. The van der Waals surface area contributed by atoms with Crippen molar-refractivity contribution in [3.8, 4) is 0 Å². The maximum atomic E-state index is 13.2. The lowest BCUT2D eigenvalue weighted by Gasteiger charge is -2.39. The summed E-state index contributed by atoms with van der Waals surface area (Å²) in [6, 6.07) is 3.70. The minimum atomic E-state index is -1.54. The van der Waals surface area contributed by atoms with E-state index in [0.29, 0.717) is 0 Å². The topological polar surface area (TPSA) is 132 Å². The van der Waals surface area contributed by atoms with E-state index in [1.54, 1.807) is 0 Å². The maximum Gasteiger partial charge on any atom is 0.275 e. The predicted octanol–water partition coefficient (Wildman–Crippen LogP) is 0.703. The number of aliphatic hydroxyl groups is 4. The molecule has 2 aromatic rings. The molecule has 1 aromatic heterocycles. The number of thiazole rings is 1. The number of nitrogens with one attached hydrogen (secondary N) is 1. The summed E-state index contributed by atoms with van der Waals surface area (Å²) < 4.78 is 18.6. The van der Waals surface area contributed by atoms with E-state index in [2.05, 4.69) is 10.3 Å². The minimum Gasteiger partial charge on any atom is -0.394 e. The number of hydrogen-bond acceptors (Lipinski definition) is 8. The van der Waals surface area contributed by atoms with Crippen molar-refractivity contribution in [2.45, 2.75) is 30.5 Å². The largest absolute Gasteiger partial charge is 0.394 e. The molecular formula is C16H16ClFN2O6S. The molecule has 1 fully saturated rings. The van der Waals surface area contributed by atoms with Gasteiger partial charge in [0.2, 0.25) is 0 Å². The molecule has 1 aliphatic rings. The van der Waals surface area contributed by atoms with Crippen molar-refractivity contribution < 1.29 is 34.3 Å². The van der Waals surface area contributed by atoms with Gasteiger partial charge in [-0.1, -0.05) is 11.6 Å². The van der Waals surface area contributed by atoms with Gasteiger partial charge in [0.15, 0.2) is 0 Å². The molecule has 27 heavy (non-hydrogen) atoms. The molecule has 1 aliphatic heterocycles. The lowest BCUT2D eigenvalue weighted by Crippen LogP contribution is -2.55. The van der Waals surface area contributed by atoms with Crippen molar-refractivity contribution in [2.24, 2.45) is 0 Å². The predicted molar refractivity (Wildman–Crippen MR) is 94.2 cm³/mol. The van der Waals surface area contributed by atoms with Crippen LogP contribution in [0.4, 0.5) is 10.1 Å². The Morgan fingerprint density at radius 2 is 2.04 bits per heavy atom. The molecule has 0 bridgehead atoms. The number of hydrogen-bond donors (Lipinski definition) is 5. The average Bonchev–Trinajstić information content (AvgIpc) is 3.13. The van der Waals surface area contributed by atoms with E-state index < -0.39 is 48.9 Å². The standard InChI is InChI=1S/C16H16ClFN2O6S/c17-7-3-6(1-2-8(7)18)19-15(25)9-5-27-16(20-9)14-13(24)12(23)11(22)10(4-21)26-14/h1-3,5,10-14,21-24H,4H2,(H,19,25)/t10-,11+,12+,13-,14-/m1/s1. The minimum absolute atomic E-state index is 0.00686. The summed E-state index contributed by atoms with van der Waals surface area (Å²) in [6.45, 7) is -0.564. The summed E-state index contributed by atoms with van der Waals surface area (Å²) in [6.07, 6.45) is -6.69. The van der Waals surface area contributed by atoms with Gasteiger partial charge < -0.3 is 30.5 Å². The first-order valence-corrected chi connectivity index (χ1v) is 9.10. The fraction of sp³-hybridized carbons (Fsp3) is 0.375. The summed E-state index contributed by atoms with van der Waals surface area (Å²) in [4.78, 5) is 16.4. The van der Waals surface area contributed by atoms with Crippen LogP contribution in [0.3, 0.4) is 0 Å². The second-order valence-corrected chi connectivity index (χ2v) is 7.20. The summed E-state index contributed by atoms with van der Waals surface area (Å²) in [7, 11) is 0. The van der Waals surface area contributed by atoms with Gasteiger partial charge in [-0.05, 0) is 18.2 Å². The number of carbonyl (C=O) groups excluding carboxylic acids is 1. The quantitative estimate of drug-likeness (QED) is 0.493. The van der Waals surface area contributed by atoms with E-state index in [1.807, 2.05) is 0 Å². The van der Waals surface area contributed by atoms with Crippen LogP contribution < -0.4 is 5.32 Å². The highest BCUT2D eigenvalue weighted by molar-refractivity contribution is 7.09. The van der Waals surface area contributed by atoms with Crippen LogP contribution in [0.2, 0.25) is 5.02 Å².